The van der Waals surface area contributed by atoms with E-state index < -0.39 is 19.4 Å². The van der Waals surface area contributed by atoms with Crippen LogP contribution in [0.3, 0.4) is 0 Å². The lowest BCUT2D eigenvalue weighted by molar-refractivity contribution is 0.0999. The van der Waals surface area contributed by atoms with Crippen LogP contribution in [0.25, 0.3) is 16.7 Å². The maximum Gasteiger partial charge on any atom is 0.254 e. The van der Waals surface area contributed by atoms with Crippen LogP contribution >= 0.6 is 0 Å². The molecule has 1 amide bonds. The van der Waals surface area contributed by atoms with E-state index in [2.05, 4.69) is 36.1 Å². The summed E-state index contributed by atoms with van der Waals surface area (Å²) in [5, 5.41) is 0.349. The summed E-state index contributed by atoms with van der Waals surface area (Å²) in [5.41, 5.74) is 10.3. The fourth-order valence-electron chi connectivity index (χ4n) is 2.53. The Bertz CT molecular complexity index is 1130. The van der Waals surface area contributed by atoms with Crippen molar-refractivity contribution >= 4 is 25.0 Å². The van der Waals surface area contributed by atoms with Crippen molar-refractivity contribution in [2.75, 3.05) is 0 Å². The normalized spacial score (nSPS) is 11.0. The first-order valence-electron chi connectivity index (χ1n) is 8.20. The molecule has 0 atom stereocenters. The molecule has 0 aliphatic carbocycles. The third-order valence-corrected chi connectivity index (χ3v) is 4.61. The SMILES string of the molecule is C[Si](C)(C)C#Cc1cccc(-n2cc(C(N)=O)c(=O)c3cccnc32)c1. The molecular weight excluding hydrogens is 342 g/mol. The molecule has 6 heteroatoms. The van der Waals surface area contributed by atoms with Gasteiger partial charge >= 0.3 is 0 Å². The third kappa shape index (κ3) is 3.58. The number of primary amides is 1. The number of rotatable bonds is 2. The summed E-state index contributed by atoms with van der Waals surface area (Å²) in [4.78, 5) is 28.5. The van der Waals surface area contributed by atoms with Gasteiger partial charge in [-0.05, 0) is 30.3 Å². The number of benzene rings is 1. The van der Waals surface area contributed by atoms with Gasteiger partial charge in [0.1, 0.15) is 19.3 Å². The number of amides is 1. The molecule has 0 unspecified atom stereocenters. The fraction of sp³-hybridized carbons (Fsp3) is 0.150. The second-order valence-corrected chi connectivity index (χ2v) is 11.8. The first-order chi connectivity index (χ1) is 12.3. The van der Waals surface area contributed by atoms with Crippen LogP contribution in [0.1, 0.15) is 15.9 Å². The van der Waals surface area contributed by atoms with Crippen molar-refractivity contribution in [3.05, 3.63) is 70.1 Å². The Labute approximate surface area is 152 Å². The molecule has 2 aromatic heterocycles. The standard InChI is InChI=1S/C20H19N3O2Si/c1-26(2,3)11-9-14-6-4-7-15(12-14)23-13-17(19(21)25)18(24)16-8-5-10-22-20(16)23/h4-8,10,12-13H,1-3H3,(H2,21,25). The van der Waals surface area contributed by atoms with Crippen LogP contribution in [0.4, 0.5) is 0 Å². The number of hydrogen-bond donors (Lipinski definition) is 1. The van der Waals surface area contributed by atoms with Crippen LogP contribution in [0, 0.1) is 11.5 Å². The topological polar surface area (TPSA) is 78.0 Å². The first kappa shape index (κ1) is 17.6. The Balaban J connectivity index is 2.26. The van der Waals surface area contributed by atoms with Gasteiger partial charge in [0.25, 0.3) is 5.91 Å². The zero-order chi connectivity index (χ0) is 18.9. The van der Waals surface area contributed by atoms with E-state index in [0.29, 0.717) is 11.0 Å². The van der Waals surface area contributed by atoms with E-state index in [4.69, 9.17) is 5.73 Å². The highest BCUT2D eigenvalue weighted by Gasteiger charge is 2.14. The fourth-order valence-corrected chi connectivity index (χ4v) is 3.04. The van der Waals surface area contributed by atoms with Gasteiger partial charge in [-0.15, -0.1) is 5.54 Å². The quantitative estimate of drug-likeness (QED) is 0.563. The predicted octanol–water partition coefficient (Wildman–Crippen LogP) is 2.71. The minimum Gasteiger partial charge on any atom is -0.365 e. The Kier molecular flexibility index (Phi) is 4.49. The van der Waals surface area contributed by atoms with E-state index in [9.17, 15) is 9.59 Å². The molecule has 1 aromatic carbocycles. The predicted molar refractivity (Wildman–Crippen MR) is 106 cm³/mol. The van der Waals surface area contributed by atoms with E-state index in [1.54, 1.807) is 22.9 Å². The summed E-state index contributed by atoms with van der Waals surface area (Å²) in [5.74, 6) is 2.46. The molecule has 2 N–H and O–H groups in total. The first-order valence-corrected chi connectivity index (χ1v) is 11.7. The lowest BCUT2D eigenvalue weighted by Gasteiger charge is -2.12. The van der Waals surface area contributed by atoms with Crippen LogP contribution in [0.5, 0.6) is 0 Å². The van der Waals surface area contributed by atoms with Crippen molar-refractivity contribution in [2.45, 2.75) is 19.6 Å². The van der Waals surface area contributed by atoms with Crippen molar-refractivity contribution in [2.24, 2.45) is 5.73 Å². The molecule has 5 nitrogen and oxygen atoms in total. The van der Waals surface area contributed by atoms with E-state index in [0.717, 1.165) is 11.3 Å². The Morgan fingerprint density at radius 3 is 2.65 bits per heavy atom. The minimum absolute atomic E-state index is 0.0657. The second-order valence-electron chi connectivity index (χ2n) is 7.03. The smallest absolute Gasteiger partial charge is 0.254 e. The summed E-state index contributed by atoms with van der Waals surface area (Å²) < 4.78 is 1.70. The highest BCUT2D eigenvalue weighted by molar-refractivity contribution is 6.83. The van der Waals surface area contributed by atoms with Gasteiger partial charge in [0, 0.05) is 23.6 Å². The molecule has 2 heterocycles. The monoisotopic (exact) mass is 361 g/mol. The lowest BCUT2D eigenvalue weighted by atomic mass is 10.1. The third-order valence-electron chi connectivity index (χ3n) is 3.73. The zero-order valence-electron chi connectivity index (χ0n) is 14.9. The molecule has 3 aromatic rings. The highest BCUT2D eigenvalue weighted by atomic mass is 28.3. The molecule has 0 saturated carbocycles. The average molecular weight is 361 g/mol. The second kappa shape index (κ2) is 6.62. The van der Waals surface area contributed by atoms with Crippen molar-refractivity contribution in [3.63, 3.8) is 0 Å². The molecule has 0 radical (unpaired) electrons. The number of pyridine rings is 2. The molecule has 0 spiro atoms. The zero-order valence-corrected chi connectivity index (χ0v) is 15.9. The maximum absolute atomic E-state index is 12.5. The molecular formula is C20H19N3O2Si. The van der Waals surface area contributed by atoms with Gasteiger partial charge in [0.15, 0.2) is 0 Å². The molecule has 26 heavy (non-hydrogen) atoms. The summed E-state index contributed by atoms with van der Waals surface area (Å²) in [6.45, 7) is 6.55. The highest BCUT2D eigenvalue weighted by Crippen LogP contribution is 2.17. The number of nitrogens with zero attached hydrogens (tertiary/aromatic N) is 2. The Morgan fingerprint density at radius 2 is 1.96 bits per heavy atom. The van der Waals surface area contributed by atoms with Gasteiger partial charge in [-0.1, -0.05) is 31.6 Å². The number of hydrogen-bond acceptors (Lipinski definition) is 3. The Morgan fingerprint density at radius 1 is 1.19 bits per heavy atom. The number of fused-ring (bicyclic) bond motifs is 1. The van der Waals surface area contributed by atoms with E-state index in [1.165, 1.54) is 6.20 Å². The van der Waals surface area contributed by atoms with E-state index >= 15 is 0 Å². The summed E-state index contributed by atoms with van der Waals surface area (Å²) in [7, 11) is -1.49. The number of carbonyl (C=O) groups excluding carboxylic acids is 1. The number of carbonyl (C=O) groups is 1. The molecule has 0 aliphatic heterocycles. The summed E-state index contributed by atoms with van der Waals surface area (Å²) in [6.07, 6.45) is 3.06. The largest absolute Gasteiger partial charge is 0.365 e. The maximum atomic E-state index is 12.5. The summed E-state index contributed by atoms with van der Waals surface area (Å²) in [6, 6.07) is 10.9. The molecule has 0 aliphatic rings. The summed E-state index contributed by atoms with van der Waals surface area (Å²) >= 11 is 0. The van der Waals surface area contributed by atoms with Crippen LogP contribution in [-0.4, -0.2) is 23.5 Å². The molecule has 3 rings (SSSR count). The Hall–Kier alpha value is -3.17. The van der Waals surface area contributed by atoms with Crippen molar-refractivity contribution in [1.29, 1.82) is 0 Å². The molecule has 130 valence electrons. The van der Waals surface area contributed by atoms with Crippen molar-refractivity contribution in [1.82, 2.24) is 9.55 Å². The molecule has 0 fully saturated rings. The van der Waals surface area contributed by atoms with Crippen molar-refractivity contribution in [3.8, 4) is 17.2 Å². The lowest BCUT2D eigenvalue weighted by Crippen LogP contribution is -2.24. The molecule has 0 bridgehead atoms. The van der Waals surface area contributed by atoms with E-state index in [1.807, 2.05) is 24.3 Å². The van der Waals surface area contributed by atoms with Crippen molar-refractivity contribution < 1.29 is 4.79 Å². The molecule has 0 saturated heterocycles. The van der Waals surface area contributed by atoms with Gasteiger partial charge in [-0.2, -0.15) is 0 Å². The van der Waals surface area contributed by atoms with Gasteiger partial charge in [-0.3, -0.25) is 9.59 Å². The van der Waals surface area contributed by atoms with Gasteiger partial charge < -0.3 is 10.3 Å². The van der Waals surface area contributed by atoms with Crippen LogP contribution in [-0.2, 0) is 0 Å². The van der Waals surface area contributed by atoms with Crippen LogP contribution in [0.2, 0.25) is 19.6 Å². The number of nitrogens with two attached hydrogens (primary N) is 1. The van der Waals surface area contributed by atoms with Crippen LogP contribution < -0.4 is 11.2 Å². The number of aromatic nitrogens is 2. The van der Waals surface area contributed by atoms with Crippen LogP contribution in [0.15, 0.2) is 53.6 Å². The average Bonchev–Trinajstić information content (AvgIpc) is 2.60. The van der Waals surface area contributed by atoms with Gasteiger partial charge in [-0.25, -0.2) is 4.98 Å². The van der Waals surface area contributed by atoms with E-state index in [-0.39, 0.29) is 5.56 Å². The van der Waals surface area contributed by atoms with Gasteiger partial charge in [0.05, 0.1) is 5.39 Å². The van der Waals surface area contributed by atoms with Gasteiger partial charge in [0.2, 0.25) is 5.43 Å². The minimum atomic E-state index is -1.49.